The molecule has 5 heteroatoms. The quantitative estimate of drug-likeness (QED) is 0.821. The average Bonchev–Trinajstić information content (AvgIpc) is 2.55. The van der Waals surface area contributed by atoms with Gasteiger partial charge in [-0.1, -0.05) is 12.1 Å². The summed E-state index contributed by atoms with van der Waals surface area (Å²) in [5.74, 6) is 0.629. The molecule has 1 aliphatic rings. The van der Waals surface area contributed by atoms with Crippen molar-refractivity contribution in [3.05, 3.63) is 58.1 Å². The summed E-state index contributed by atoms with van der Waals surface area (Å²) in [6.45, 7) is 0.401. The van der Waals surface area contributed by atoms with Crippen molar-refractivity contribution < 1.29 is 14.3 Å². The van der Waals surface area contributed by atoms with Gasteiger partial charge >= 0.3 is 0 Å². The normalized spacial score (nSPS) is 13.7. The zero-order valence-electron chi connectivity index (χ0n) is 12.0. The predicted molar refractivity (Wildman–Crippen MR) is 87.8 cm³/mol. The van der Waals surface area contributed by atoms with Gasteiger partial charge in [-0.2, -0.15) is 0 Å². The molecule has 112 valence electrons. The van der Waals surface area contributed by atoms with Gasteiger partial charge < -0.3 is 9.64 Å². The maximum Gasteiger partial charge on any atom is 0.258 e. The van der Waals surface area contributed by atoms with Gasteiger partial charge in [0.1, 0.15) is 5.75 Å². The third-order valence-corrected chi connectivity index (χ3v) is 4.32. The lowest BCUT2D eigenvalue weighted by Crippen LogP contribution is -2.37. The molecule has 3 rings (SSSR count). The Bertz CT molecular complexity index is 757. The molecule has 2 aromatic carbocycles. The van der Waals surface area contributed by atoms with Crippen molar-refractivity contribution in [1.82, 2.24) is 0 Å². The van der Waals surface area contributed by atoms with Crippen LogP contribution in [0.2, 0.25) is 0 Å². The SMILES string of the molecule is COc1ccc(C(=O)N2CCC(=O)c3ccccc32)cc1Br. The number of benzene rings is 2. The molecular weight excluding hydrogens is 346 g/mol. The molecule has 22 heavy (non-hydrogen) atoms. The second kappa shape index (κ2) is 5.93. The summed E-state index contributed by atoms with van der Waals surface area (Å²) >= 11 is 3.39. The minimum absolute atomic E-state index is 0.0792. The van der Waals surface area contributed by atoms with Gasteiger partial charge in [-0.15, -0.1) is 0 Å². The number of carbonyl (C=O) groups is 2. The number of ether oxygens (including phenoxy) is 1. The molecule has 1 aliphatic heterocycles. The molecule has 0 aromatic heterocycles. The fraction of sp³-hybridized carbons (Fsp3) is 0.176. The zero-order valence-corrected chi connectivity index (χ0v) is 13.6. The van der Waals surface area contributed by atoms with E-state index >= 15 is 0 Å². The van der Waals surface area contributed by atoms with E-state index in [0.29, 0.717) is 35.5 Å². The van der Waals surface area contributed by atoms with Crippen LogP contribution in [0.15, 0.2) is 46.9 Å². The fourth-order valence-electron chi connectivity index (χ4n) is 2.58. The highest BCUT2D eigenvalue weighted by molar-refractivity contribution is 9.10. The number of methoxy groups -OCH3 is 1. The molecule has 2 aromatic rings. The zero-order chi connectivity index (χ0) is 15.7. The molecule has 1 amide bonds. The number of carbonyl (C=O) groups excluding carboxylic acids is 2. The van der Waals surface area contributed by atoms with E-state index < -0.39 is 0 Å². The second-order valence-corrected chi connectivity index (χ2v) is 5.85. The standard InChI is InChI=1S/C17H14BrNO3/c1-22-16-7-6-11(10-13(16)18)17(21)19-9-8-15(20)12-4-2-3-5-14(12)19/h2-7,10H,8-9H2,1H3. The summed E-state index contributed by atoms with van der Waals surface area (Å²) < 4.78 is 5.90. The number of para-hydroxylation sites is 1. The first-order valence-electron chi connectivity index (χ1n) is 6.89. The molecule has 4 nitrogen and oxygen atoms in total. The number of anilines is 1. The number of ketones is 1. The van der Waals surface area contributed by atoms with Gasteiger partial charge in [0, 0.05) is 24.1 Å². The first-order valence-corrected chi connectivity index (χ1v) is 7.68. The molecular formula is C17H14BrNO3. The number of hydrogen-bond acceptors (Lipinski definition) is 3. The first-order chi connectivity index (χ1) is 10.6. The van der Waals surface area contributed by atoms with Gasteiger partial charge in [0.2, 0.25) is 0 Å². The average molecular weight is 360 g/mol. The van der Waals surface area contributed by atoms with Crippen LogP contribution >= 0.6 is 15.9 Å². The molecule has 1 heterocycles. The highest BCUT2D eigenvalue weighted by atomic mass is 79.9. The molecule has 0 aliphatic carbocycles. The maximum atomic E-state index is 12.8. The van der Waals surface area contributed by atoms with E-state index in [4.69, 9.17) is 4.74 Å². The van der Waals surface area contributed by atoms with Crippen molar-refractivity contribution in [1.29, 1.82) is 0 Å². The topological polar surface area (TPSA) is 46.6 Å². The van der Waals surface area contributed by atoms with Crippen molar-refractivity contribution in [2.75, 3.05) is 18.6 Å². The predicted octanol–water partition coefficient (Wildman–Crippen LogP) is 3.69. The molecule has 0 saturated heterocycles. The molecule has 0 saturated carbocycles. The third kappa shape index (κ3) is 2.52. The van der Waals surface area contributed by atoms with Gasteiger partial charge in [0.15, 0.2) is 5.78 Å². The fourth-order valence-corrected chi connectivity index (χ4v) is 3.12. The van der Waals surface area contributed by atoms with E-state index in [0.717, 1.165) is 4.47 Å². The van der Waals surface area contributed by atoms with E-state index in [1.54, 1.807) is 36.3 Å². The molecule has 0 bridgehead atoms. The Morgan fingerprint density at radius 2 is 2.00 bits per heavy atom. The van der Waals surface area contributed by atoms with Crippen LogP contribution in [0.5, 0.6) is 5.75 Å². The van der Waals surface area contributed by atoms with E-state index in [1.165, 1.54) is 0 Å². The Hall–Kier alpha value is -2.14. The Morgan fingerprint density at radius 1 is 1.23 bits per heavy atom. The second-order valence-electron chi connectivity index (χ2n) is 5.00. The number of nitrogens with zero attached hydrogens (tertiary/aromatic N) is 1. The van der Waals surface area contributed by atoms with Crippen molar-refractivity contribution in [3.63, 3.8) is 0 Å². The van der Waals surface area contributed by atoms with Gasteiger partial charge in [-0.05, 0) is 46.3 Å². The van der Waals surface area contributed by atoms with Gasteiger partial charge in [0.25, 0.3) is 5.91 Å². The lowest BCUT2D eigenvalue weighted by atomic mass is 9.99. The lowest BCUT2D eigenvalue weighted by molar-refractivity contribution is 0.0955. The Kier molecular flexibility index (Phi) is 3.98. The van der Waals surface area contributed by atoms with Crippen molar-refractivity contribution >= 4 is 33.3 Å². The maximum absolute atomic E-state index is 12.8. The van der Waals surface area contributed by atoms with Crippen molar-refractivity contribution in [2.24, 2.45) is 0 Å². The smallest absolute Gasteiger partial charge is 0.258 e. The molecule has 0 atom stereocenters. The Labute approximate surface area is 136 Å². The molecule has 0 radical (unpaired) electrons. The monoisotopic (exact) mass is 359 g/mol. The summed E-state index contributed by atoms with van der Waals surface area (Å²) in [6.07, 6.45) is 0.347. The van der Waals surface area contributed by atoms with Crippen LogP contribution < -0.4 is 9.64 Å². The van der Waals surface area contributed by atoms with Gasteiger partial charge in [-0.25, -0.2) is 0 Å². The van der Waals surface area contributed by atoms with E-state index in [2.05, 4.69) is 15.9 Å². The summed E-state index contributed by atoms with van der Waals surface area (Å²) in [4.78, 5) is 26.4. The number of halogens is 1. The lowest BCUT2D eigenvalue weighted by Gasteiger charge is -2.28. The van der Waals surface area contributed by atoms with Gasteiger partial charge in [0.05, 0.1) is 17.3 Å². The minimum atomic E-state index is -0.122. The molecule has 0 N–H and O–H groups in total. The molecule has 0 unspecified atom stereocenters. The Morgan fingerprint density at radius 3 is 2.73 bits per heavy atom. The van der Waals surface area contributed by atoms with Crippen LogP contribution in [0.3, 0.4) is 0 Å². The van der Waals surface area contributed by atoms with Crippen LogP contribution in [0.1, 0.15) is 27.1 Å². The number of hydrogen-bond donors (Lipinski definition) is 0. The largest absolute Gasteiger partial charge is 0.496 e. The summed E-state index contributed by atoms with van der Waals surface area (Å²) in [5.41, 5.74) is 1.84. The number of amides is 1. The van der Waals surface area contributed by atoms with Crippen LogP contribution in [-0.4, -0.2) is 25.3 Å². The highest BCUT2D eigenvalue weighted by Crippen LogP contribution is 2.30. The third-order valence-electron chi connectivity index (χ3n) is 3.70. The Balaban J connectivity index is 1.98. The van der Waals surface area contributed by atoms with E-state index in [9.17, 15) is 9.59 Å². The number of rotatable bonds is 2. The van der Waals surface area contributed by atoms with Crippen LogP contribution in [0, 0.1) is 0 Å². The summed E-state index contributed by atoms with van der Waals surface area (Å²) in [7, 11) is 1.58. The first kappa shape index (κ1) is 14.8. The van der Waals surface area contributed by atoms with Crippen LogP contribution in [0.25, 0.3) is 0 Å². The van der Waals surface area contributed by atoms with E-state index in [-0.39, 0.29) is 11.7 Å². The number of fused-ring (bicyclic) bond motifs is 1. The minimum Gasteiger partial charge on any atom is -0.496 e. The highest BCUT2D eigenvalue weighted by Gasteiger charge is 2.27. The van der Waals surface area contributed by atoms with Crippen molar-refractivity contribution in [2.45, 2.75) is 6.42 Å². The van der Waals surface area contributed by atoms with Crippen LogP contribution in [0.4, 0.5) is 5.69 Å². The molecule has 0 fully saturated rings. The van der Waals surface area contributed by atoms with Crippen LogP contribution in [-0.2, 0) is 0 Å². The van der Waals surface area contributed by atoms with Crippen molar-refractivity contribution in [3.8, 4) is 5.75 Å². The van der Waals surface area contributed by atoms with E-state index in [1.807, 2.05) is 18.2 Å². The molecule has 0 spiro atoms. The summed E-state index contributed by atoms with van der Waals surface area (Å²) in [5, 5.41) is 0. The van der Waals surface area contributed by atoms with Gasteiger partial charge in [-0.3, -0.25) is 9.59 Å². The number of Topliss-reactive ketones (excluding diaryl/α,β-unsaturated/α-hetero) is 1. The summed E-state index contributed by atoms with van der Waals surface area (Å²) in [6, 6.07) is 12.4.